The van der Waals surface area contributed by atoms with E-state index in [1.165, 1.54) is 5.56 Å². The highest BCUT2D eigenvalue weighted by Gasteiger charge is 2.07. The first kappa shape index (κ1) is 15.5. The van der Waals surface area contributed by atoms with Gasteiger partial charge in [-0.25, -0.2) is 0 Å². The summed E-state index contributed by atoms with van der Waals surface area (Å²) in [6.45, 7) is 6.85. The van der Waals surface area contributed by atoms with Crippen molar-refractivity contribution in [3.8, 4) is 6.01 Å². The molecule has 1 N–H and O–H groups in total. The van der Waals surface area contributed by atoms with Crippen LogP contribution in [0.3, 0.4) is 0 Å². The molecule has 112 valence electrons. The summed E-state index contributed by atoms with van der Waals surface area (Å²) in [5, 5.41) is 3.24. The molecule has 0 aliphatic heterocycles. The molecule has 0 amide bonds. The minimum absolute atomic E-state index is 0.110. The summed E-state index contributed by atoms with van der Waals surface area (Å²) < 4.78 is 5.39. The maximum Gasteiger partial charge on any atom is 0.322 e. The van der Waals surface area contributed by atoms with Gasteiger partial charge in [0.1, 0.15) is 0 Å². The van der Waals surface area contributed by atoms with Crippen molar-refractivity contribution in [2.75, 3.05) is 11.9 Å². The average molecular weight is 307 g/mol. The van der Waals surface area contributed by atoms with E-state index in [1.54, 1.807) is 0 Å². The van der Waals surface area contributed by atoms with Crippen LogP contribution in [0.15, 0.2) is 24.3 Å². The van der Waals surface area contributed by atoms with Gasteiger partial charge in [-0.1, -0.05) is 32.9 Å². The SMILES string of the molecule is CCCOc1nc(Cl)nc(Nc2cccc(C(C)C)c2)n1. The topological polar surface area (TPSA) is 59.9 Å². The third-order valence-corrected chi connectivity index (χ3v) is 3.00. The quantitative estimate of drug-likeness (QED) is 0.867. The van der Waals surface area contributed by atoms with Crippen LogP contribution in [0.5, 0.6) is 6.01 Å². The van der Waals surface area contributed by atoms with E-state index in [0.717, 1.165) is 12.1 Å². The first-order valence-corrected chi connectivity index (χ1v) is 7.37. The number of aromatic nitrogens is 3. The van der Waals surface area contributed by atoms with Gasteiger partial charge >= 0.3 is 6.01 Å². The molecule has 0 bridgehead atoms. The molecule has 5 nitrogen and oxygen atoms in total. The molecule has 2 aromatic rings. The third-order valence-electron chi connectivity index (χ3n) is 2.83. The lowest BCUT2D eigenvalue weighted by molar-refractivity contribution is 0.292. The zero-order valence-electron chi connectivity index (χ0n) is 12.4. The van der Waals surface area contributed by atoms with Gasteiger partial charge in [-0.3, -0.25) is 0 Å². The highest BCUT2D eigenvalue weighted by atomic mass is 35.5. The first-order chi connectivity index (χ1) is 10.1. The Kier molecular flexibility index (Phi) is 5.33. The molecule has 21 heavy (non-hydrogen) atoms. The maximum atomic E-state index is 5.89. The van der Waals surface area contributed by atoms with E-state index in [2.05, 4.69) is 46.2 Å². The smallest absolute Gasteiger partial charge is 0.322 e. The first-order valence-electron chi connectivity index (χ1n) is 7.00. The monoisotopic (exact) mass is 306 g/mol. The van der Waals surface area contributed by atoms with Crippen LogP contribution in [0.25, 0.3) is 0 Å². The highest BCUT2D eigenvalue weighted by Crippen LogP contribution is 2.21. The number of nitrogens with one attached hydrogen (secondary N) is 1. The Morgan fingerprint density at radius 2 is 2.05 bits per heavy atom. The molecule has 0 radical (unpaired) electrons. The fourth-order valence-electron chi connectivity index (χ4n) is 1.75. The largest absolute Gasteiger partial charge is 0.463 e. The molecule has 1 aromatic heterocycles. The summed E-state index contributed by atoms with van der Waals surface area (Å²) in [5.74, 6) is 0.833. The molecule has 0 spiro atoms. The zero-order chi connectivity index (χ0) is 15.2. The van der Waals surface area contributed by atoms with Crippen LogP contribution in [0.1, 0.15) is 38.7 Å². The van der Waals surface area contributed by atoms with Crippen LogP contribution in [0, 0.1) is 0 Å². The maximum absolute atomic E-state index is 5.89. The predicted octanol–water partition coefficient (Wildman–Crippen LogP) is 4.18. The zero-order valence-corrected chi connectivity index (χ0v) is 13.2. The molecule has 1 aromatic carbocycles. The fourth-order valence-corrected chi connectivity index (χ4v) is 1.90. The van der Waals surface area contributed by atoms with Gasteiger partial charge < -0.3 is 10.1 Å². The molecule has 0 saturated heterocycles. The van der Waals surface area contributed by atoms with Crippen molar-refractivity contribution in [2.45, 2.75) is 33.1 Å². The summed E-state index contributed by atoms with van der Waals surface area (Å²) in [6, 6.07) is 8.34. The van der Waals surface area contributed by atoms with E-state index in [4.69, 9.17) is 16.3 Å². The number of hydrogen-bond donors (Lipinski definition) is 1. The Bertz CT molecular complexity index is 604. The van der Waals surface area contributed by atoms with Crippen molar-refractivity contribution < 1.29 is 4.74 Å². The molecule has 0 aliphatic rings. The Labute approximate surface area is 129 Å². The van der Waals surface area contributed by atoms with Gasteiger partial charge in [0.05, 0.1) is 6.61 Å². The third kappa shape index (κ3) is 4.56. The number of hydrogen-bond acceptors (Lipinski definition) is 5. The van der Waals surface area contributed by atoms with Gasteiger partial charge in [-0.15, -0.1) is 0 Å². The van der Waals surface area contributed by atoms with E-state index in [-0.39, 0.29) is 11.3 Å². The van der Waals surface area contributed by atoms with Crippen molar-refractivity contribution >= 4 is 23.2 Å². The molecule has 1 heterocycles. The second-order valence-electron chi connectivity index (χ2n) is 4.96. The van der Waals surface area contributed by atoms with Crippen molar-refractivity contribution in [1.82, 2.24) is 15.0 Å². The predicted molar refractivity (Wildman–Crippen MR) is 84.4 cm³/mol. The molecule has 0 fully saturated rings. The lowest BCUT2D eigenvalue weighted by Gasteiger charge is -2.10. The van der Waals surface area contributed by atoms with Gasteiger partial charge in [-0.05, 0) is 41.6 Å². The van der Waals surface area contributed by atoms with Gasteiger partial charge in [-0.2, -0.15) is 15.0 Å². The van der Waals surface area contributed by atoms with Crippen molar-refractivity contribution in [2.24, 2.45) is 0 Å². The average Bonchev–Trinajstić information content (AvgIpc) is 2.45. The van der Waals surface area contributed by atoms with E-state index in [0.29, 0.717) is 18.5 Å². The van der Waals surface area contributed by atoms with Crippen molar-refractivity contribution in [3.05, 3.63) is 35.1 Å². The molecule has 0 unspecified atom stereocenters. The molecule has 6 heteroatoms. The van der Waals surface area contributed by atoms with E-state index in [1.807, 2.05) is 19.1 Å². The summed E-state index contributed by atoms with van der Waals surface area (Å²) in [4.78, 5) is 12.2. The normalized spacial score (nSPS) is 10.7. The van der Waals surface area contributed by atoms with Gasteiger partial charge in [0.25, 0.3) is 0 Å². The molecular formula is C15H19ClN4O. The number of rotatable bonds is 6. The minimum atomic E-state index is 0.110. The Hall–Kier alpha value is -1.88. The second-order valence-corrected chi connectivity index (χ2v) is 5.30. The van der Waals surface area contributed by atoms with Crippen LogP contribution < -0.4 is 10.1 Å². The number of benzene rings is 1. The van der Waals surface area contributed by atoms with E-state index >= 15 is 0 Å². The number of halogens is 1. The minimum Gasteiger partial charge on any atom is -0.463 e. The van der Waals surface area contributed by atoms with Crippen LogP contribution in [0.2, 0.25) is 5.28 Å². The van der Waals surface area contributed by atoms with Gasteiger partial charge in [0.15, 0.2) is 0 Å². The van der Waals surface area contributed by atoms with Crippen LogP contribution in [0.4, 0.5) is 11.6 Å². The van der Waals surface area contributed by atoms with Crippen LogP contribution in [-0.4, -0.2) is 21.6 Å². The summed E-state index contributed by atoms with van der Waals surface area (Å²) in [5.41, 5.74) is 2.15. The lowest BCUT2D eigenvalue weighted by Crippen LogP contribution is -2.05. The van der Waals surface area contributed by atoms with Gasteiger partial charge in [0.2, 0.25) is 11.2 Å². The highest BCUT2D eigenvalue weighted by molar-refractivity contribution is 6.28. The second kappa shape index (κ2) is 7.22. The Morgan fingerprint density at radius 1 is 1.24 bits per heavy atom. The van der Waals surface area contributed by atoms with E-state index in [9.17, 15) is 0 Å². The fraction of sp³-hybridized carbons (Fsp3) is 0.400. The molecule has 0 aliphatic carbocycles. The van der Waals surface area contributed by atoms with Crippen LogP contribution in [-0.2, 0) is 0 Å². The molecule has 0 atom stereocenters. The summed E-state index contributed by atoms with van der Waals surface area (Å²) >= 11 is 5.89. The van der Waals surface area contributed by atoms with E-state index < -0.39 is 0 Å². The number of anilines is 2. The summed E-state index contributed by atoms with van der Waals surface area (Å²) in [7, 11) is 0. The summed E-state index contributed by atoms with van der Waals surface area (Å²) in [6.07, 6.45) is 0.877. The molecule has 2 rings (SSSR count). The lowest BCUT2D eigenvalue weighted by atomic mass is 10.0. The number of nitrogens with zero attached hydrogens (tertiary/aromatic N) is 3. The Balaban J connectivity index is 2.18. The van der Waals surface area contributed by atoms with Gasteiger partial charge in [0, 0.05) is 5.69 Å². The number of ether oxygens (including phenoxy) is 1. The Morgan fingerprint density at radius 3 is 2.76 bits per heavy atom. The van der Waals surface area contributed by atoms with Crippen molar-refractivity contribution in [3.63, 3.8) is 0 Å². The standard InChI is InChI=1S/C15H19ClN4O/c1-4-8-21-15-19-13(16)18-14(20-15)17-12-7-5-6-11(9-12)10(2)3/h5-7,9-10H,4,8H2,1-3H3,(H,17,18,19,20). The molecule has 0 saturated carbocycles. The molecular weight excluding hydrogens is 288 g/mol. The van der Waals surface area contributed by atoms with Crippen molar-refractivity contribution in [1.29, 1.82) is 0 Å². The van der Waals surface area contributed by atoms with Crippen LogP contribution >= 0.6 is 11.6 Å².